The Labute approximate surface area is 167 Å². The molecule has 0 bridgehead atoms. The number of nitrogens with one attached hydrogen (secondary N) is 1. The molecule has 0 saturated heterocycles. The predicted octanol–water partition coefficient (Wildman–Crippen LogP) is 2.64. The van der Waals surface area contributed by atoms with Gasteiger partial charge in [0.15, 0.2) is 15.9 Å². The minimum Gasteiger partial charge on any atom is -0.453 e. The van der Waals surface area contributed by atoms with Crippen molar-refractivity contribution < 1.29 is 27.7 Å². The number of amides is 1. The summed E-state index contributed by atoms with van der Waals surface area (Å²) in [6.45, 7) is 3.17. The fraction of sp³-hybridized carbons (Fsp3) is 0.263. The fourth-order valence-corrected chi connectivity index (χ4v) is 3.52. The van der Waals surface area contributed by atoms with Gasteiger partial charge in [-0.25, -0.2) is 8.42 Å². The average Bonchev–Trinajstić information content (AvgIpc) is 2.67. The number of carbonyl (C=O) groups excluding carboxylic acids is 2. The van der Waals surface area contributed by atoms with Crippen LogP contribution in [-0.4, -0.2) is 37.1 Å². The Bertz CT molecular complexity index is 1000. The Morgan fingerprint density at radius 1 is 1.10 bits per heavy atom. The standard InChI is InChI=1S/C19H20N2O7S/c1-13-3-9-17(10-4-13)29(26,27)12-11-18(22)28-14(2)19(23)20-15-5-7-16(8-6-15)21(24)25/h3-10,14H,11-12H2,1-2H3,(H,20,23)/t14-/m1/s1. The van der Waals surface area contributed by atoms with E-state index in [0.29, 0.717) is 5.69 Å². The summed E-state index contributed by atoms with van der Waals surface area (Å²) in [6, 6.07) is 11.4. The molecular formula is C19H20N2O7S. The number of esters is 1. The summed E-state index contributed by atoms with van der Waals surface area (Å²) in [6.07, 6.45) is -1.56. The molecule has 0 aromatic heterocycles. The SMILES string of the molecule is Cc1ccc(S(=O)(=O)CCC(=O)O[C@H](C)C(=O)Nc2ccc([N+](=O)[O-])cc2)cc1. The molecule has 2 aromatic rings. The minimum absolute atomic E-state index is 0.111. The first-order valence-corrected chi connectivity index (χ1v) is 10.3. The van der Waals surface area contributed by atoms with E-state index >= 15 is 0 Å². The lowest BCUT2D eigenvalue weighted by atomic mass is 10.2. The summed E-state index contributed by atoms with van der Waals surface area (Å²) < 4.78 is 29.5. The molecule has 0 heterocycles. The molecule has 0 spiro atoms. The number of anilines is 1. The van der Waals surface area contributed by atoms with E-state index < -0.39 is 44.9 Å². The Morgan fingerprint density at radius 3 is 2.24 bits per heavy atom. The van der Waals surface area contributed by atoms with Gasteiger partial charge in [0.05, 0.1) is 22.0 Å². The van der Waals surface area contributed by atoms with Crippen LogP contribution in [0.25, 0.3) is 0 Å². The monoisotopic (exact) mass is 420 g/mol. The smallest absolute Gasteiger partial charge is 0.307 e. The van der Waals surface area contributed by atoms with E-state index in [-0.39, 0.29) is 10.6 Å². The second-order valence-corrected chi connectivity index (χ2v) is 8.42. The van der Waals surface area contributed by atoms with Gasteiger partial charge in [-0.1, -0.05) is 17.7 Å². The van der Waals surface area contributed by atoms with E-state index in [1.54, 1.807) is 12.1 Å². The van der Waals surface area contributed by atoms with Crippen molar-refractivity contribution in [1.82, 2.24) is 0 Å². The number of carbonyl (C=O) groups is 2. The molecule has 154 valence electrons. The van der Waals surface area contributed by atoms with E-state index in [1.807, 2.05) is 6.92 Å². The Balaban J connectivity index is 1.86. The molecule has 0 fully saturated rings. The van der Waals surface area contributed by atoms with Crippen LogP contribution in [-0.2, 0) is 24.2 Å². The summed E-state index contributed by atoms with van der Waals surface area (Å²) in [5.41, 5.74) is 1.08. The average molecular weight is 420 g/mol. The van der Waals surface area contributed by atoms with Gasteiger partial charge >= 0.3 is 5.97 Å². The number of sulfone groups is 1. The van der Waals surface area contributed by atoms with Gasteiger partial charge in [0.1, 0.15) is 0 Å². The van der Waals surface area contributed by atoms with Gasteiger partial charge in [0.25, 0.3) is 11.6 Å². The molecule has 10 heteroatoms. The summed E-state index contributed by atoms with van der Waals surface area (Å²) in [4.78, 5) is 34.2. The van der Waals surface area contributed by atoms with Crippen LogP contribution in [0.3, 0.4) is 0 Å². The van der Waals surface area contributed by atoms with E-state index in [9.17, 15) is 28.1 Å². The highest BCUT2D eigenvalue weighted by molar-refractivity contribution is 7.91. The number of benzene rings is 2. The maximum Gasteiger partial charge on any atom is 0.307 e. The van der Waals surface area contributed by atoms with Crippen molar-refractivity contribution >= 4 is 33.1 Å². The van der Waals surface area contributed by atoms with E-state index in [1.165, 1.54) is 43.3 Å². The first-order chi connectivity index (χ1) is 13.6. The van der Waals surface area contributed by atoms with E-state index in [0.717, 1.165) is 5.56 Å². The van der Waals surface area contributed by atoms with Crippen LogP contribution in [0, 0.1) is 17.0 Å². The molecular weight excluding hydrogens is 400 g/mol. The summed E-state index contributed by atoms with van der Waals surface area (Å²) in [7, 11) is -3.64. The molecule has 1 N–H and O–H groups in total. The van der Waals surface area contributed by atoms with E-state index in [2.05, 4.69) is 5.32 Å². The first-order valence-electron chi connectivity index (χ1n) is 8.63. The zero-order chi connectivity index (χ0) is 21.6. The van der Waals surface area contributed by atoms with Crippen LogP contribution in [0.1, 0.15) is 18.9 Å². The molecule has 29 heavy (non-hydrogen) atoms. The van der Waals surface area contributed by atoms with Crippen LogP contribution >= 0.6 is 0 Å². The summed E-state index contributed by atoms with van der Waals surface area (Å²) >= 11 is 0. The number of rotatable bonds is 8. The minimum atomic E-state index is -3.64. The molecule has 0 radical (unpaired) electrons. The lowest BCUT2D eigenvalue weighted by Crippen LogP contribution is -2.30. The van der Waals surface area contributed by atoms with Crippen molar-refractivity contribution in [2.45, 2.75) is 31.3 Å². The number of hydrogen-bond acceptors (Lipinski definition) is 7. The molecule has 0 saturated carbocycles. The molecule has 0 aliphatic carbocycles. The van der Waals surface area contributed by atoms with Crippen molar-refractivity contribution in [2.75, 3.05) is 11.1 Å². The van der Waals surface area contributed by atoms with Crippen molar-refractivity contribution in [2.24, 2.45) is 0 Å². The second-order valence-electron chi connectivity index (χ2n) is 6.31. The largest absolute Gasteiger partial charge is 0.453 e. The quantitative estimate of drug-likeness (QED) is 0.394. The van der Waals surface area contributed by atoms with Gasteiger partial charge in [-0.2, -0.15) is 0 Å². The molecule has 0 aliphatic heterocycles. The third-order valence-electron chi connectivity index (χ3n) is 3.98. The predicted molar refractivity (Wildman–Crippen MR) is 105 cm³/mol. The van der Waals surface area contributed by atoms with Gasteiger partial charge in [0, 0.05) is 17.8 Å². The Hall–Kier alpha value is -3.27. The zero-order valence-corrected chi connectivity index (χ0v) is 16.6. The van der Waals surface area contributed by atoms with Gasteiger partial charge < -0.3 is 10.1 Å². The number of aryl methyl sites for hydroxylation is 1. The Kier molecular flexibility index (Phi) is 7.05. The number of ether oxygens (including phenoxy) is 1. The van der Waals surface area contributed by atoms with Crippen molar-refractivity contribution in [1.29, 1.82) is 0 Å². The fourth-order valence-electron chi connectivity index (χ4n) is 2.30. The topological polar surface area (TPSA) is 133 Å². The third kappa shape index (κ3) is 6.39. The van der Waals surface area contributed by atoms with Gasteiger partial charge in [-0.3, -0.25) is 19.7 Å². The molecule has 2 rings (SSSR count). The van der Waals surface area contributed by atoms with E-state index in [4.69, 9.17) is 4.74 Å². The highest BCUT2D eigenvalue weighted by Gasteiger charge is 2.21. The zero-order valence-electron chi connectivity index (χ0n) is 15.8. The van der Waals surface area contributed by atoms with Crippen LogP contribution < -0.4 is 5.32 Å². The molecule has 1 amide bonds. The van der Waals surface area contributed by atoms with Gasteiger partial charge in [0.2, 0.25) is 0 Å². The first kappa shape index (κ1) is 22.0. The lowest BCUT2D eigenvalue weighted by Gasteiger charge is -2.13. The number of hydrogen-bond donors (Lipinski definition) is 1. The van der Waals surface area contributed by atoms with Crippen LogP contribution in [0.15, 0.2) is 53.4 Å². The van der Waals surface area contributed by atoms with Crippen LogP contribution in [0.4, 0.5) is 11.4 Å². The van der Waals surface area contributed by atoms with Crippen LogP contribution in [0.2, 0.25) is 0 Å². The van der Waals surface area contributed by atoms with Crippen molar-refractivity contribution in [3.8, 4) is 0 Å². The number of nitrogens with zero attached hydrogens (tertiary/aromatic N) is 1. The molecule has 0 aliphatic rings. The maximum absolute atomic E-state index is 12.2. The third-order valence-corrected chi connectivity index (χ3v) is 5.71. The molecule has 9 nitrogen and oxygen atoms in total. The normalized spacial score (nSPS) is 12.1. The second kappa shape index (κ2) is 9.28. The molecule has 1 atom stereocenters. The number of nitro benzene ring substituents is 1. The molecule has 0 unspecified atom stereocenters. The number of nitro groups is 1. The van der Waals surface area contributed by atoms with Crippen LogP contribution in [0.5, 0.6) is 0 Å². The maximum atomic E-state index is 12.2. The van der Waals surface area contributed by atoms with Gasteiger partial charge in [-0.15, -0.1) is 0 Å². The molecule has 2 aromatic carbocycles. The highest BCUT2D eigenvalue weighted by Crippen LogP contribution is 2.16. The highest BCUT2D eigenvalue weighted by atomic mass is 32.2. The summed E-state index contributed by atoms with van der Waals surface area (Å²) in [5, 5.41) is 13.1. The Morgan fingerprint density at radius 2 is 1.69 bits per heavy atom. The lowest BCUT2D eigenvalue weighted by molar-refractivity contribution is -0.384. The van der Waals surface area contributed by atoms with Crippen molar-refractivity contribution in [3.05, 3.63) is 64.2 Å². The number of non-ortho nitro benzene ring substituents is 1. The van der Waals surface area contributed by atoms with Gasteiger partial charge in [-0.05, 0) is 38.1 Å². The summed E-state index contributed by atoms with van der Waals surface area (Å²) in [5.74, 6) is -1.91. The van der Waals surface area contributed by atoms with Crippen molar-refractivity contribution in [3.63, 3.8) is 0 Å².